The van der Waals surface area contributed by atoms with Gasteiger partial charge in [0.15, 0.2) is 0 Å². The fourth-order valence-electron chi connectivity index (χ4n) is 6.38. The van der Waals surface area contributed by atoms with Crippen LogP contribution in [0.1, 0.15) is 104 Å². The summed E-state index contributed by atoms with van der Waals surface area (Å²) in [5.41, 5.74) is 17.8. The Morgan fingerprint density at radius 3 is 1.87 bits per heavy atom. The van der Waals surface area contributed by atoms with Gasteiger partial charge in [0.25, 0.3) is 0 Å². The zero-order chi connectivity index (χ0) is 38.8. The molecule has 11 N–H and O–H groups in total. The molecule has 0 heterocycles. The first-order valence-corrected chi connectivity index (χ1v) is 18.9. The Labute approximate surface area is 309 Å². The first-order chi connectivity index (χ1) is 24.6. The minimum Gasteiger partial charge on any atom is -0.368 e. The van der Waals surface area contributed by atoms with E-state index in [1.54, 1.807) is 13.8 Å². The summed E-state index contributed by atoms with van der Waals surface area (Å²) in [5.74, 6) is -3.55. The predicted octanol–water partition coefficient (Wildman–Crippen LogP) is 1.29. The van der Waals surface area contributed by atoms with Crippen molar-refractivity contribution in [2.24, 2.45) is 35.0 Å². The Bertz CT molecular complexity index is 1300. The smallest absolute Gasteiger partial charge is 0.243 e. The molecule has 6 atom stereocenters. The molecule has 292 valence electrons. The lowest BCUT2D eigenvalue weighted by Crippen LogP contribution is -2.60. The number of amides is 6. The SMILES string of the molecule is CC(C)C[C@@H](NC(=O)[C@H](N)CCCCN)C(=O)N[C@@H](C(=O)N[C@H](Cc1ccccc1)C(=O)N[C@H](CC1CCCCC1)C(=O)N[C@H](C)C(N)=O)C(C)C. The van der Waals surface area contributed by atoms with E-state index in [4.69, 9.17) is 17.2 Å². The average molecular weight is 729 g/mol. The second-order valence-electron chi connectivity index (χ2n) is 15.0. The summed E-state index contributed by atoms with van der Waals surface area (Å²) in [5, 5.41) is 13.9. The normalized spacial score (nSPS) is 16.9. The molecule has 0 aromatic heterocycles. The molecule has 52 heavy (non-hydrogen) atoms. The van der Waals surface area contributed by atoms with E-state index in [2.05, 4.69) is 26.6 Å². The monoisotopic (exact) mass is 728 g/mol. The van der Waals surface area contributed by atoms with Gasteiger partial charge in [0.1, 0.15) is 30.2 Å². The highest BCUT2D eigenvalue weighted by Crippen LogP contribution is 2.27. The van der Waals surface area contributed by atoms with Crippen molar-refractivity contribution in [1.29, 1.82) is 0 Å². The van der Waals surface area contributed by atoms with Crippen molar-refractivity contribution in [2.45, 2.75) is 141 Å². The van der Waals surface area contributed by atoms with E-state index in [0.29, 0.717) is 32.2 Å². The molecule has 0 aliphatic heterocycles. The van der Waals surface area contributed by atoms with Gasteiger partial charge < -0.3 is 43.8 Å². The molecule has 2 rings (SSSR count). The Hall–Kier alpha value is -4.04. The maximum Gasteiger partial charge on any atom is 0.243 e. The molecule has 14 nitrogen and oxygen atoms in total. The van der Waals surface area contributed by atoms with Crippen LogP contribution in [0.5, 0.6) is 0 Å². The molecule has 0 saturated heterocycles. The van der Waals surface area contributed by atoms with Crippen LogP contribution in [0, 0.1) is 17.8 Å². The number of primary amides is 1. The number of hydrogen-bond donors (Lipinski definition) is 8. The second-order valence-corrected chi connectivity index (χ2v) is 15.0. The minimum atomic E-state index is -1.11. The van der Waals surface area contributed by atoms with Crippen LogP contribution in [0.3, 0.4) is 0 Å². The number of benzene rings is 1. The van der Waals surface area contributed by atoms with Crippen molar-refractivity contribution < 1.29 is 28.8 Å². The zero-order valence-corrected chi connectivity index (χ0v) is 31.7. The van der Waals surface area contributed by atoms with Gasteiger partial charge in [-0.05, 0) is 62.5 Å². The van der Waals surface area contributed by atoms with Crippen molar-refractivity contribution >= 4 is 35.4 Å². The van der Waals surface area contributed by atoms with Crippen molar-refractivity contribution in [2.75, 3.05) is 6.54 Å². The molecule has 1 aromatic carbocycles. The van der Waals surface area contributed by atoms with Crippen molar-refractivity contribution in [1.82, 2.24) is 26.6 Å². The van der Waals surface area contributed by atoms with E-state index >= 15 is 0 Å². The first kappa shape index (κ1) is 44.1. The van der Waals surface area contributed by atoms with Crippen LogP contribution in [0.4, 0.5) is 0 Å². The van der Waals surface area contributed by atoms with E-state index in [1.807, 2.05) is 44.2 Å². The summed E-state index contributed by atoms with van der Waals surface area (Å²) < 4.78 is 0. The van der Waals surface area contributed by atoms with E-state index in [-0.39, 0.29) is 18.3 Å². The Morgan fingerprint density at radius 1 is 0.712 bits per heavy atom. The molecular weight excluding hydrogens is 664 g/mol. The standard InChI is InChI=1S/C38H64N8O6/c1-23(2)20-29(43-34(48)28(40)18-12-13-19-39)37(51)46-32(24(3)4)38(52)45-31(22-27-16-10-7-11-17-27)36(50)44-30(21-26-14-8-6-9-15-26)35(49)42-25(5)33(41)47/h7,10-11,16-17,23-26,28-32H,6,8-9,12-15,18-22,39-40H2,1-5H3,(H2,41,47)(H,42,49)(H,43,48)(H,44,50)(H,45,52)(H,46,51)/t25-,28-,29-,30-,31-,32-/m1/s1. The van der Waals surface area contributed by atoms with E-state index in [0.717, 1.165) is 44.1 Å². The topological polar surface area (TPSA) is 241 Å². The van der Waals surface area contributed by atoms with Crippen LogP contribution in [-0.4, -0.2) is 78.2 Å². The lowest BCUT2D eigenvalue weighted by Gasteiger charge is -2.30. The fourth-order valence-corrected chi connectivity index (χ4v) is 6.38. The van der Waals surface area contributed by atoms with Gasteiger partial charge in [-0.2, -0.15) is 0 Å². The maximum absolute atomic E-state index is 14.0. The van der Waals surface area contributed by atoms with E-state index in [9.17, 15) is 28.8 Å². The van der Waals surface area contributed by atoms with E-state index < -0.39 is 77.6 Å². The van der Waals surface area contributed by atoms with Gasteiger partial charge in [0.2, 0.25) is 35.4 Å². The molecule has 0 unspecified atom stereocenters. The largest absolute Gasteiger partial charge is 0.368 e. The summed E-state index contributed by atoms with van der Waals surface area (Å²) in [6.45, 7) is 9.35. The van der Waals surface area contributed by atoms with E-state index in [1.165, 1.54) is 6.92 Å². The van der Waals surface area contributed by atoms with Gasteiger partial charge in [0, 0.05) is 6.42 Å². The quantitative estimate of drug-likeness (QED) is 0.0808. The molecule has 1 aliphatic rings. The average Bonchev–Trinajstić information content (AvgIpc) is 3.09. The Balaban J connectivity index is 2.30. The number of nitrogens with two attached hydrogens (primary N) is 3. The highest BCUT2D eigenvalue weighted by molar-refractivity contribution is 5.96. The van der Waals surface area contributed by atoms with Crippen LogP contribution in [0.2, 0.25) is 0 Å². The van der Waals surface area contributed by atoms with Gasteiger partial charge in [-0.15, -0.1) is 0 Å². The first-order valence-electron chi connectivity index (χ1n) is 18.9. The number of rotatable bonds is 22. The van der Waals surface area contributed by atoms with Crippen LogP contribution in [0.25, 0.3) is 0 Å². The Kier molecular flexibility index (Phi) is 19.3. The second kappa shape index (κ2) is 22.8. The number of carbonyl (C=O) groups excluding carboxylic acids is 6. The molecular formula is C38H64N8O6. The van der Waals surface area contributed by atoms with Crippen LogP contribution >= 0.6 is 0 Å². The van der Waals surface area contributed by atoms with Crippen LogP contribution < -0.4 is 43.8 Å². The molecule has 14 heteroatoms. The number of carbonyl (C=O) groups is 6. The highest BCUT2D eigenvalue weighted by Gasteiger charge is 2.34. The van der Waals surface area contributed by atoms with Gasteiger partial charge in [-0.3, -0.25) is 28.8 Å². The summed E-state index contributed by atoms with van der Waals surface area (Å²) in [6.07, 6.45) is 7.65. The molecule has 1 aromatic rings. The number of unbranched alkanes of at least 4 members (excludes halogenated alkanes) is 1. The fraction of sp³-hybridized carbons (Fsp3) is 0.684. The third-order valence-electron chi connectivity index (χ3n) is 9.52. The highest BCUT2D eigenvalue weighted by atomic mass is 16.2. The van der Waals surface area contributed by atoms with Gasteiger partial charge in [0.05, 0.1) is 6.04 Å². The van der Waals surface area contributed by atoms with Crippen molar-refractivity contribution in [3.8, 4) is 0 Å². The summed E-state index contributed by atoms with van der Waals surface area (Å²) in [4.78, 5) is 79.7. The lowest BCUT2D eigenvalue weighted by molar-refractivity contribution is -0.136. The summed E-state index contributed by atoms with van der Waals surface area (Å²) >= 11 is 0. The Morgan fingerprint density at radius 2 is 1.29 bits per heavy atom. The van der Waals surface area contributed by atoms with Gasteiger partial charge in [-0.25, -0.2) is 0 Å². The molecule has 0 bridgehead atoms. The summed E-state index contributed by atoms with van der Waals surface area (Å²) in [6, 6.07) is 3.32. The third-order valence-corrected chi connectivity index (χ3v) is 9.52. The molecule has 1 saturated carbocycles. The molecule has 0 spiro atoms. The molecule has 1 fully saturated rings. The van der Waals surface area contributed by atoms with Crippen molar-refractivity contribution in [3.05, 3.63) is 35.9 Å². The predicted molar refractivity (Wildman–Crippen MR) is 201 cm³/mol. The summed E-state index contributed by atoms with van der Waals surface area (Å²) in [7, 11) is 0. The maximum atomic E-state index is 14.0. The molecule has 6 amide bonds. The van der Waals surface area contributed by atoms with Crippen molar-refractivity contribution in [3.63, 3.8) is 0 Å². The number of nitrogens with one attached hydrogen (secondary N) is 5. The van der Waals surface area contributed by atoms with Gasteiger partial charge in [-0.1, -0.05) is 96.6 Å². The van der Waals surface area contributed by atoms with Crippen LogP contribution in [0.15, 0.2) is 30.3 Å². The number of hydrogen-bond acceptors (Lipinski definition) is 8. The lowest BCUT2D eigenvalue weighted by atomic mass is 9.84. The molecule has 1 aliphatic carbocycles. The van der Waals surface area contributed by atoms with Crippen LogP contribution in [-0.2, 0) is 35.2 Å². The zero-order valence-electron chi connectivity index (χ0n) is 31.7. The third kappa shape index (κ3) is 15.7. The molecule has 0 radical (unpaired) electrons. The minimum absolute atomic E-state index is 0.0412. The van der Waals surface area contributed by atoms with Gasteiger partial charge >= 0.3 is 0 Å².